The first kappa shape index (κ1) is 24.1. The molecular weight excluding hydrogens is 530 g/mol. The Bertz CT molecular complexity index is 1620. The number of esters is 1. The van der Waals surface area contributed by atoms with Crippen molar-refractivity contribution in [1.82, 2.24) is 10.4 Å². The Balaban J connectivity index is 1.34. The fourth-order valence-electron chi connectivity index (χ4n) is 3.76. The highest BCUT2D eigenvalue weighted by molar-refractivity contribution is 9.10. The molecule has 0 aliphatic carbocycles. The van der Waals surface area contributed by atoms with Crippen LogP contribution in [-0.2, 0) is 0 Å². The average molecular weight is 550 g/mol. The number of rotatable bonds is 6. The number of aromatic nitrogens is 1. The first-order valence-corrected chi connectivity index (χ1v) is 12.2. The van der Waals surface area contributed by atoms with Gasteiger partial charge in [0.15, 0.2) is 0 Å². The highest BCUT2D eigenvalue weighted by Gasteiger charge is 2.14. The van der Waals surface area contributed by atoms with Crippen molar-refractivity contribution in [3.05, 3.63) is 130 Å². The lowest BCUT2D eigenvalue weighted by Gasteiger charge is -2.09. The van der Waals surface area contributed by atoms with Gasteiger partial charge in [-0.25, -0.2) is 15.2 Å². The Morgan fingerprint density at radius 3 is 2.41 bits per heavy atom. The average Bonchev–Trinajstić information content (AvgIpc) is 2.93. The van der Waals surface area contributed by atoms with Crippen LogP contribution in [0.2, 0.25) is 0 Å². The van der Waals surface area contributed by atoms with E-state index in [1.165, 1.54) is 6.21 Å². The van der Waals surface area contributed by atoms with Gasteiger partial charge in [0.1, 0.15) is 5.75 Å². The zero-order valence-corrected chi connectivity index (χ0v) is 21.1. The van der Waals surface area contributed by atoms with E-state index in [1.54, 1.807) is 54.6 Å². The second-order valence-corrected chi connectivity index (χ2v) is 9.02. The van der Waals surface area contributed by atoms with Gasteiger partial charge in [-0.05, 0) is 54.1 Å². The summed E-state index contributed by atoms with van der Waals surface area (Å²) in [6.45, 7) is 0. The lowest BCUT2D eigenvalue weighted by molar-refractivity contribution is 0.0734. The van der Waals surface area contributed by atoms with Gasteiger partial charge in [-0.2, -0.15) is 5.10 Å². The van der Waals surface area contributed by atoms with Gasteiger partial charge in [0.05, 0.1) is 28.6 Å². The fraction of sp³-hybridized carbons (Fsp3) is 0. The van der Waals surface area contributed by atoms with Gasteiger partial charge in [-0.1, -0.05) is 76.6 Å². The maximum absolute atomic E-state index is 13.1. The standard InChI is InChI=1S/C30H20BrN3O3/c31-23-15-13-21(14-16-23)28-18-26(25-11-4-5-12-27(25)33-28)29(35)34-32-19-20-7-6-10-24(17-20)37-30(36)22-8-2-1-3-9-22/h1-19H,(H,34,35). The second kappa shape index (κ2) is 11.0. The van der Waals surface area contributed by atoms with Crippen LogP contribution in [0.1, 0.15) is 26.3 Å². The molecule has 1 aromatic heterocycles. The predicted molar refractivity (Wildman–Crippen MR) is 148 cm³/mol. The molecule has 1 amide bonds. The van der Waals surface area contributed by atoms with E-state index in [-0.39, 0.29) is 5.91 Å². The number of nitrogens with zero attached hydrogens (tertiary/aromatic N) is 2. The van der Waals surface area contributed by atoms with Crippen LogP contribution in [-0.4, -0.2) is 23.1 Å². The predicted octanol–water partition coefficient (Wildman–Crippen LogP) is 6.65. The fourth-order valence-corrected chi connectivity index (χ4v) is 4.02. The van der Waals surface area contributed by atoms with Gasteiger partial charge in [0.2, 0.25) is 0 Å². The number of hydrogen-bond acceptors (Lipinski definition) is 5. The second-order valence-electron chi connectivity index (χ2n) is 8.11. The number of fused-ring (bicyclic) bond motifs is 1. The molecule has 0 atom stereocenters. The number of hydrazone groups is 1. The van der Waals surface area contributed by atoms with Gasteiger partial charge in [0, 0.05) is 15.4 Å². The maximum atomic E-state index is 13.1. The summed E-state index contributed by atoms with van der Waals surface area (Å²) >= 11 is 3.44. The first-order valence-electron chi connectivity index (χ1n) is 11.4. The molecule has 0 aliphatic rings. The van der Waals surface area contributed by atoms with Crippen molar-refractivity contribution < 1.29 is 14.3 Å². The Morgan fingerprint density at radius 1 is 0.838 bits per heavy atom. The maximum Gasteiger partial charge on any atom is 0.343 e. The number of para-hydroxylation sites is 1. The van der Waals surface area contributed by atoms with Crippen LogP contribution in [0.5, 0.6) is 5.75 Å². The van der Waals surface area contributed by atoms with Crippen LogP contribution >= 0.6 is 15.9 Å². The molecule has 7 heteroatoms. The van der Waals surface area contributed by atoms with Crippen molar-refractivity contribution in [3.8, 4) is 17.0 Å². The van der Waals surface area contributed by atoms with Crippen LogP contribution < -0.4 is 10.2 Å². The molecule has 4 aromatic carbocycles. The molecule has 0 saturated heterocycles. The molecular formula is C30H20BrN3O3. The summed E-state index contributed by atoms with van der Waals surface area (Å²) in [6, 6.07) is 32.7. The van der Waals surface area contributed by atoms with E-state index in [4.69, 9.17) is 9.72 Å². The molecule has 0 radical (unpaired) electrons. The minimum absolute atomic E-state index is 0.361. The lowest BCUT2D eigenvalue weighted by Crippen LogP contribution is -2.18. The van der Waals surface area contributed by atoms with Crippen molar-refractivity contribution in [2.75, 3.05) is 0 Å². The summed E-state index contributed by atoms with van der Waals surface area (Å²) in [4.78, 5) is 30.2. The van der Waals surface area contributed by atoms with Crippen molar-refractivity contribution in [1.29, 1.82) is 0 Å². The van der Waals surface area contributed by atoms with Crippen molar-refractivity contribution in [2.24, 2.45) is 5.10 Å². The quantitative estimate of drug-likeness (QED) is 0.111. The molecule has 5 aromatic rings. The number of hydrogen-bond donors (Lipinski definition) is 1. The highest BCUT2D eigenvalue weighted by atomic mass is 79.9. The van der Waals surface area contributed by atoms with Gasteiger partial charge in [-0.3, -0.25) is 4.79 Å². The summed E-state index contributed by atoms with van der Waals surface area (Å²) in [5, 5.41) is 4.85. The van der Waals surface area contributed by atoms with E-state index in [0.29, 0.717) is 33.7 Å². The van der Waals surface area contributed by atoms with Crippen molar-refractivity contribution in [3.63, 3.8) is 0 Å². The third-order valence-corrected chi connectivity index (χ3v) is 6.09. The molecule has 0 bridgehead atoms. The van der Waals surface area contributed by atoms with Gasteiger partial charge in [0.25, 0.3) is 5.91 Å². The number of halogens is 1. The third kappa shape index (κ3) is 5.79. The normalized spacial score (nSPS) is 10.9. The summed E-state index contributed by atoms with van der Waals surface area (Å²) < 4.78 is 6.41. The smallest absolute Gasteiger partial charge is 0.343 e. The van der Waals surface area contributed by atoms with Gasteiger partial charge >= 0.3 is 5.97 Å². The first-order chi connectivity index (χ1) is 18.1. The third-order valence-electron chi connectivity index (χ3n) is 5.56. The lowest BCUT2D eigenvalue weighted by atomic mass is 10.0. The van der Waals surface area contributed by atoms with Crippen LogP contribution in [0.25, 0.3) is 22.2 Å². The topological polar surface area (TPSA) is 80.6 Å². The number of carbonyl (C=O) groups is 2. The minimum Gasteiger partial charge on any atom is -0.423 e. The Hall–Kier alpha value is -4.62. The molecule has 0 spiro atoms. The Labute approximate surface area is 221 Å². The molecule has 0 aliphatic heterocycles. The monoisotopic (exact) mass is 549 g/mol. The van der Waals surface area contributed by atoms with Crippen LogP contribution in [0.3, 0.4) is 0 Å². The zero-order valence-electron chi connectivity index (χ0n) is 19.5. The minimum atomic E-state index is -0.450. The van der Waals surface area contributed by atoms with E-state index < -0.39 is 5.97 Å². The zero-order chi connectivity index (χ0) is 25.6. The largest absolute Gasteiger partial charge is 0.423 e. The number of carbonyl (C=O) groups excluding carboxylic acids is 2. The van der Waals surface area contributed by atoms with Gasteiger partial charge in [-0.15, -0.1) is 0 Å². The molecule has 0 unspecified atom stereocenters. The van der Waals surface area contributed by atoms with E-state index in [2.05, 4.69) is 26.5 Å². The van der Waals surface area contributed by atoms with Crippen molar-refractivity contribution in [2.45, 2.75) is 0 Å². The summed E-state index contributed by atoms with van der Waals surface area (Å²) in [7, 11) is 0. The molecule has 1 heterocycles. The summed E-state index contributed by atoms with van der Waals surface area (Å²) in [6.07, 6.45) is 1.50. The molecule has 0 fully saturated rings. The molecule has 37 heavy (non-hydrogen) atoms. The number of amides is 1. The summed E-state index contributed by atoms with van der Waals surface area (Å²) in [5.74, 6) is -0.433. The number of nitrogens with one attached hydrogen (secondary N) is 1. The van der Waals surface area contributed by atoms with E-state index in [0.717, 1.165) is 15.4 Å². The molecule has 1 N–H and O–H groups in total. The molecule has 0 saturated carbocycles. The van der Waals surface area contributed by atoms with E-state index in [9.17, 15) is 9.59 Å². The van der Waals surface area contributed by atoms with Crippen LogP contribution in [0.15, 0.2) is 119 Å². The van der Waals surface area contributed by atoms with Crippen molar-refractivity contribution >= 4 is 44.9 Å². The van der Waals surface area contributed by atoms with Gasteiger partial charge < -0.3 is 4.74 Å². The molecule has 180 valence electrons. The van der Waals surface area contributed by atoms with Crippen LogP contribution in [0, 0.1) is 0 Å². The summed E-state index contributed by atoms with van der Waals surface area (Å²) in [5.41, 5.74) is 6.48. The highest BCUT2D eigenvalue weighted by Crippen LogP contribution is 2.26. The Kier molecular flexibility index (Phi) is 7.14. The van der Waals surface area contributed by atoms with E-state index in [1.807, 2.05) is 54.6 Å². The van der Waals surface area contributed by atoms with E-state index >= 15 is 0 Å². The molecule has 5 rings (SSSR count). The Morgan fingerprint density at radius 2 is 1.59 bits per heavy atom. The SMILES string of the molecule is O=C(Oc1cccc(C=NNC(=O)c2cc(-c3ccc(Br)cc3)nc3ccccc23)c1)c1ccccc1. The van der Waals surface area contributed by atoms with Crippen LogP contribution in [0.4, 0.5) is 0 Å². The molecule has 6 nitrogen and oxygen atoms in total. The number of ether oxygens (including phenoxy) is 1. The number of pyridine rings is 1. The number of benzene rings is 4.